The molecule has 3 unspecified atom stereocenters. The van der Waals surface area contributed by atoms with E-state index in [9.17, 15) is 14.7 Å². The highest BCUT2D eigenvalue weighted by molar-refractivity contribution is 6.32. The van der Waals surface area contributed by atoms with Crippen LogP contribution in [0.3, 0.4) is 0 Å². The molecule has 0 aromatic heterocycles. The van der Waals surface area contributed by atoms with Crippen LogP contribution in [0.1, 0.15) is 64.9 Å². The summed E-state index contributed by atoms with van der Waals surface area (Å²) >= 11 is 6.43. The van der Waals surface area contributed by atoms with Gasteiger partial charge in [-0.1, -0.05) is 51.4 Å². The Balaban J connectivity index is 1.90. The number of aliphatic hydroxyl groups excluding tert-OH is 1. The standard InChI is InChI=1S/C23H27ClO4/c1-22(2)8-14(25)19(15(26)9-22)18-12-6-5-7-13(24)21(12)28-17-11-23(3,4)10-16(27)20(17)18/h5-7,17-18,20,25H,8-11H2,1-4H3. The molecule has 1 fully saturated rings. The SMILES string of the molecule is CC1(C)CC(=O)C(C2c3cccc(Cl)c3OC3CC(C)(C)CC(=O)C32)=C(O)C1. The van der Waals surface area contributed by atoms with Gasteiger partial charge < -0.3 is 9.84 Å². The minimum atomic E-state index is -0.500. The lowest BCUT2D eigenvalue weighted by molar-refractivity contribution is -0.135. The van der Waals surface area contributed by atoms with E-state index in [0.717, 1.165) is 5.56 Å². The molecule has 3 atom stereocenters. The first kappa shape index (κ1) is 19.5. The van der Waals surface area contributed by atoms with Gasteiger partial charge in [-0.15, -0.1) is 0 Å². The predicted octanol–water partition coefficient (Wildman–Crippen LogP) is 5.39. The predicted molar refractivity (Wildman–Crippen MR) is 108 cm³/mol. The van der Waals surface area contributed by atoms with E-state index in [1.165, 1.54) is 0 Å². The molecule has 1 heterocycles. The molecule has 5 heteroatoms. The fourth-order valence-electron chi connectivity index (χ4n) is 5.29. The highest BCUT2D eigenvalue weighted by atomic mass is 35.5. The Morgan fingerprint density at radius 2 is 1.79 bits per heavy atom. The fourth-order valence-corrected chi connectivity index (χ4v) is 5.51. The Kier molecular flexibility index (Phi) is 4.42. The molecule has 0 amide bonds. The van der Waals surface area contributed by atoms with Crippen molar-refractivity contribution in [1.82, 2.24) is 0 Å². The fraction of sp³-hybridized carbons (Fsp3) is 0.565. The minimum absolute atomic E-state index is 0.0806. The molecule has 1 N–H and O–H groups in total. The average Bonchev–Trinajstić information content (AvgIpc) is 2.52. The van der Waals surface area contributed by atoms with E-state index in [1.807, 2.05) is 26.0 Å². The number of fused-ring (bicyclic) bond motifs is 2. The molecule has 3 aliphatic rings. The normalized spacial score (nSPS) is 31.1. The lowest BCUT2D eigenvalue weighted by Gasteiger charge is -2.47. The largest absolute Gasteiger partial charge is 0.512 e. The summed E-state index contributed by atoms with van der Waals surface area (Å²) in [5.74, 6) is -0.312. The summed E-state index contributed by atoms with van der Waals surface area (Å²) in [5.41, 5.74) is 0.659. The monoisotopic (exact) mass is 402 g/mol. The number of ketones is 2. The number of hydrogen-bond donors (Lipinski definition) is 1. The van der Waals surface area contributed by atoms with Gasteiger partial charge in [0.1, 0.15) is 23.4 Å². The van der Waals surface area contributed by atoms with Crippen molar-refractivity contribution in [2.24, 2.45) is 16.7 Å². The molecule has 2 aliphatic carbocycles. The maximum atomic E-state index is 13.2. The number of halogens is 1. The van der Waals surface area contributed by atoms with Crippen LogP contribution in [0.5, 0.6) is 5.75 Å². The minimum Gasteiger partial charge on any atom is -0.512 e. The van der Waals surface area contributed by atoms with Crippen molar-refractivity contribution in [3.05, 3.63) is 40.1 Å². The van der Waals surface area contributed by atoms with E-state index in [1.54, 1.807) is 6.07 Å². The van der Waals surface area contributed by atoms with Crippen molar-refractivity contribution in [1.29, 1.82) is 0 Å². The van der Waals surface area contributed by atoms with Crippen LogP contribution >= 0.6 is 11.6 Å². The summed E-state index contributed by atoms with van der Waals surface area (Å²) in [6.07, 6.45) is 1.59. The second-order valence-corrected chi connectivity index (χ2v) is 10.5. The first-order valence-corrected chi connectivity index (χ1v) is 10.3. The number of allylic oxidation sites excluding steroid dienone is 2. The third-order valence-electron chi connectivity index (χ3n) is 6.35. The third-order valence-corrected chi connectivity index (χ3v) is 6.64. The summed E-state index contributed by atoms with van der Waals surface area (Å²) in [6.45, 7) is 8.08. The molecule has 1 aromatic rings. The van der Waals surface area contributed by atoms with Gasteiger partial charge in [-0.05, 0) is 23.3 Å². The average molecular weight is 403 g/mol. The van der Waals surface area contributed by atoms with Gasteiger partial charge in [-0.3, -0.25) is 9.59 Å². The molecule has 0 saturated heterocycles. The summed E-state index contributed by atoms with van der Waals surface area (Å²) in [7, 11) is 0. The quantitative estimate of drug-likeness (QED) is 0.683. The first-order chi connectivity index (χ1) is 13.0. The Labute approximate surface area is 170 Å². The maximum Gasteiger partial charge on any atom is 0.163 e. The number of carbonyl (C=O) groups is 2. The van der Waals surface area contributed by atoms with Crippen molar-refractivity contribution in [2.75, 3.05) is 0 Å². The summed E-state index contributed by atoms with van der Waals surface area (Å²) in [6, 6.07) is 5.43. The highest BCUT2D eigenvalue weighted by Gasteiger charge is 2.53. The van der Waals surface area contributed by atoms with Crippen LogP contribution in [-0.4, -0.2) is 22.8 Å². The Hall–Kier alpha value is -1.81. The van der Waals surface area contributed by atoms with Gasteiger partial charge in [0.15, 0.2) is 5.78 Å². The summed E-state index contributed by atoms with van der Waals surface area (Å²) < 4.78 is 6.24. The van der Waals surface area contributed by atoms with E-state index >= 15 is 0 Å². The second-order valence-electron chi connectivity index (χ2n) is 10.1. The van der Waals surface area contributed by atoms with Crippen LogP contribution in [0.25, 0.3) is 0 Å². The van der Waals surface area contributed by atoms with E-state index in [4.69, 9.17) is 16.3 Å². The smallest absolute Gasteiger partial charge is 0.163 e. The molecule has 150 valence electrons. The first-order valence-electron chi connectivity index (χ1n) is 9.92. The number of carbonyl (C=O) groups excluding carboxylic acids is 2. The van der Waals surface area contributed by atoms with E-state index in [-0.39, 0.29) is 34.3 Å². The molecular weight excluding hydrogens is 376 g/mol. The van der Waals surface area contributed by atoms with Crippen molar-refractivity contribution in [3.8, 4) is 5.75 Å². The number of benzene rings is 1. The van der Waals surface area contributed by atoms with Gasteiger partial charge in [-0.25, -0.2) is 0 Å². The molecule has 0 spiro atoms. The van der Waals surface area contributed by atoms with E-state index in [0.29, 0.717) is 42.0 Å². The third kappa shape index (κ3) is 3.16. The van der Waals surface area contributed by atoms with Crippen molar-refractivity contribution < 1.29 is 19.4 Å². The number of ether oxygens (including phenoxy) is 1. The number of aliphatic hydroxyl groups is 1. The lowest BCUT2D eigenvalue weighted by atomic mass is 9.61. The van der Waals surface area contributed by atoms with Gasteiger partial charge in [0, 0.05) is 36.3 Å². The molecule has 28 heavy (non-hydrogen) atoms. The van der Waals surface area contributed by atoms with Gasteiger partial charge in [0.05, 0.1) is 10.9 Å². The number of para-hydroxylation sites is 1. The number of hydrogen-bond acceptors (Lipinski definition) is 4. The molecular formula is C23H27ClO4. The van der Waals surface area contributed by atoms with Gasteiger partial charge >= 0.3 is 0 Å². The number of rotatable bonds is 1. The second kappa shape index (κ2) is 6.35. The van der Waals surface area contributed by atoms with Crippen LogP contribution in [-0.2, 0) is 9.59 Å². The Morgan fingerprint density at radius 3 is 2.46 bits per heavy atom. The zero-order chi connectivity index (χ0) is 20.4. The molecule has 0 bridgehead atoms. The van der Waals surface area contributed by atoms with Crippen LogP contribution in [0, 0.1) is 16.7 Å². The molecule has 1 aliphatic heterocycles. The molecule has 4 rings (SSSR count). The lowest BCUT2D eigenvalue weighted by Crippen LogP contribution is -2.50. The van der Waals surface area contributed by atoms with Crippen molar-refractivity contribution >= 4 is 23.2 Å². The Bertz CT molecular complexity index is 896. The zero-order valence-electron chi connectivity index (χ0n) is 16.8. The van der Waals surface area contributed by atoms with Crippen LogP contribution in [0.2, 0.25) is 5.02 Å². The van der Waals surface area contributed by atoms with Gasteiger partial charge in [0.2, 0.25) is 0 Å². The van der Waals surface area contributed by atoms with Gasteiger partial charge in [-0.2, -0.15) is 0 Å². The zero-order valence-corrected chi connectivity index (χ0v) is 17.6. The van der Waals surface area contributed by atoms with Crippen LogP contribution < -0.4 is 4.74 Å². The Morgan fingerprint density at radius 1 is 1.07 bits per heavy atom. The van der Waals surface area contributed by atoms with Gasteiger partial charge in [0.25, 0.3) is 0 Å². The van der Waals surface area contributed by atoms with E-state index < -0.39 is 11.8 Å². The maximum absolute atomic E-state index is 13.2. The molecule has 0 radical (unpaired) electrons. The molecule has 1 aromatic carbocycles. The molecule has 4 nitrogen and oxygen atoms in total. The van der Waals surface area contributed by atoms with E-state index in [2.05, 4.69) is 13.8 Å². The van der Waals surface area contributed by atoms with Crippen LogP contribution in [0.4, 0.5) is 0 Å². The topological polar surface area (TPSA) is 63.6 Å². The number of Topliss-reactive ketones (excluding diaryl/α,β-unsaturated/α-hetero) is 2. The van der Waals surface area contributed by atoms with Crippen LogP contribution in [0.15, 0.2) is 29.5 Å². The molecule has 1 saturated carbocycles. The summed E-state index contributed by atoms with van der Waals surface area (Å²) in [4.78, 5) is 26.3. The summed E-state index contributed by atoms with van der Waals surface area (Å²) in [5, 5.41) is 11.3. The highest BCUT2D eigenvalue weighted by Crippen LogP contribution is 2.54. The van der Waals surface area contributed by atoms with Crippen molar-refractivity contribution in [3.63, 3.8) is 0 Å². The van der Waals surface area contributed by atoms with Crippen molar-refractivity contribution in [2.45, 2.75) is 65.4 Å².